The van der Waals surface area contributed by atoms with Gasteiger partial charge >= 0.3 is 24.2 Å². The van der Waals surface area contributed by atoms with Gasteiger partial charge in [0.15, 0.2) is 11.5 Å². The van der Waals surface area contributed by atoms with Crippen molar-refractivity contribution in [3.63, 3.8) is 0 Å². The van der Waals surface area contributed by atoms with Gasteiger partial charge in [-0.05, 0) is 43.9 Å². The Kier molecular flexibility index (Phi) is 10.6. The van der Waals surface area contributed by atoms with E-state index in [9.17, 15) is 19.2 Å². The van der Waals surface area contributed by atoms with Crippen LogP contribution in [0.5, 0.6) is 11.5 Å². The zero-order valence-corrected chi connectivity index (χ0v) is 19.6. The predicted octanol–water partition coefficient (Wildman–Crippen LogP) is 2.90. The summed E-state index contributed by atoms with van der Waals surface area (Å²) in [5.74, 6) is -1.26. The molecule has 0 heterocycles. The molecule has 0 amide bonds. The van der Waals surface area contributed by atoms with Crippen molar-refractivity contribution in [1.82, 2.24) is 0 Å². The third-order valence-electron chi connectivity index (χ3n) is 5.20. The molecule has 1 saturated carbocycles. The molecule has 1 aliphatic rings. The maximum atomic E-state index is 12.4. The summed E-state index contributed by atoms with van der Waals surface area (Å²) in [6, 6.07) is 3.22. The van der Waals surface area contributed by atoms with Crippen LogP contribution in [0.1, 0.15) is 44.6 Å². The summed E-state index contributed by atoms with van der Waals surface area (Å²) < 4.78 is 29.4. The highest BCUT2D eigenvalue weighted by Gasteiger charge is 2.25. The first-order valence-corrected chi connectivity index (χ1v) is 11.0. The normalized spacial score (nSPS) is 15.4. The summed E-state index contributed by atoms with van der Waals surface area (Å²) in [6.45, 7) is 1.56. The van der Waals surface area contributed by atoms with Gasteiger partial charge in [0.25, 0.3) is 0 Å². The van der Waals surface area contributed by atoms with Crippen LogP contribution in [0.3, 0.4) is 0 Å². The molecule has 2 N–H and O–H groups in total. The van der Waals surface area contributed by atoms with E-state index in [0.717, 1.165) is 46.3 Å². The van der Waals surface area contributed by atoms with E-state index in [1.165, 1.54) is 18.2 Å². The van der Waals surface area contributed by atoms with Gasteiger partial charge in [0, 0.05) is 0 Å². The van der Waals surface area contributed by atoms with Crippen molar-refractivity contribution in [2.75, 3.05) is 20.8 Å². The van der Waals surface area contributed by atoms with Crippen LogP contribution in [0.25, 0.3) is 0 Å². The lowest BCUT2D eigenvalue weighted by Gasteiger charge is -2.21. The van der Waals surface area contributed by atoms with Gasteiger partial charge in [-0.3, -0.25) is 9.59 Å². The van der Waals surface area contributed by atoms with E-state index in [0.29, 0.717) is 5.56 Å². The summed E-state index contributed by atoms with van der Waals surface area (Å²) in [5, 5.41) is 0. The molecule has 1 aliphatic carbocycles. The first kappa shape index (κ1) is 26.9. The molecule has 34 heavy (non-hydrogen) atoms. The Morgan fingerprint density at radius 2 is 1.59 bits per heavy atom. The molecule has 11 nitrogen and oxygen atoms in total. The first-order chi connectivity index (χ1) is 16.2. The Morgan fingerprint density at radius 3 is 2.21 bits per heavy atom. The monoisotopic (exact) mass is 481 g/mol. The number of ether oxygens (including phenoxy) is 6. The summed E-state index contributed by atoms with van der Waals surface area (Å²) in [7, 11) is 2.24. The molecule has 188 valence electrons. The van der Waals surface area contributed by atoms with Crippen molar-refractivity contribution in [3.8, 4) is 11.5 Å². The largest absolute Gasteiger partial charge is 0.513 e. The zero-order chi connectivity index (χ0) is 25.1. The minimum atomic E-state index is -1.05. The van der Waals surface area contributed by atoms with Crippen LogP contribution < -0.4 is 15.2 Å². The summed E-state index contributed by atoms with van der Waals surface area (Å²) in [5.41, 5.74) is 6.47. The number of hydrogen-bond acceptors (Lipinski definition) is 11. The SMILES string of the molecule is COC(=O)Oc1ccc(C[C@H](N)C(=O)O[C@@H](C)COC(=O)C2CCCCC2)cc1OC(=O)OC. The average molecular weight is 481 g/mol. The van der Waals surface area contributed by atoms with Crippen molar-refractivity contribution in [2.24, 2.45) is 11.7 Å². The number of carbonyl (C=O) groups is 4. The van der Waals surface area contributed by atoms with E-state index < -0.39 is 30.4 Å². The number of esters is 2. The van der Waals surface area contributed by atoms with Gasteiger partial charge in [-0.25, -0.2) is 9.59 Å². The lowest BCUT2D eigenvalue weighted by atomic mass is 9.89. The Morgan fingerprint density at radius 1 is 0.971 bits per heavy atom. The Bertz CT molecular complexity index is 865. The van der Waals surface area contributed by atoms with Gasteiger partial charge in [-0.2, -0.15) is 0 Å². The van der Waals surface area contributed by atoms with Gasteiger partial charge in [0.05, 0.1) is 20.1 Å². The molecule has 1 fully saturated rings. The molecule has 2 rings (SSSR count). The van der Waals surface area contributed by atoms with Crippen LogP contribution in [0, 0.1) is 5.92 Å². The van der Waals surface area contributed by atoms with Crippen LogP contribution >= 0.6 is 0 Å². The van der Waals surface area contributed by atoms with E-state index in [1.807, 2.05) is 0 Å². The molecule has 0 aromatic heterocycles. The third kappa shape index (κ3) is 8.54. The summed E-state index contributed by atoms with van der Waals surface area (Å²) in [6.07, 6.45) is 2.12. The van der Waals surface area contributed by atoms with Crippen molar-refractivity contribution in [3.05, 3.63) is 23.8 Å². The average Bonchev–Trinajstić information content (AvgIpc) is 2.84. The lowest BCUT2D eigenvalue weighted by Crippen LogP contribution is -2.37. The number of nitrogens with two attached hydrogens (primary N) is 1. The highest BCUT2D eigenvalue weighted by Crippen LogP contribution is 2.30. The highest BCUT2D eigenvalue weighted by molar-refractivity contribution is 5.76. The van der Waals surface area contributed by atoms with Crippen molar-refractivity contribution in [2.45, 2.75) is 57.6 Å². The Hall–Kier alpha value is -3.34. The maximum Gasteiger partial charge on any atom is 0.513 e. The van der Waals surface area contributed by atoms with E-state index >= 15 is 0 Å². The van der Waals surface area contributed by atoms with Crippen LogP contribution in [-0.4, -0.2) is 57.2 Å². The van der Waals surface area contributed by atoms with Crippen LogP contribution in [0.15, 0.2) is 18.2 Å². The van der Waals surface area contributed by atoms with Crippen molar-refractivity contribution >= 4 is 24.2 Å². The van der Waals surface area contributed by atoms with Gasteiger partial charge in [-0.15, -0.1) is 0 Å². The quantitative estimate of drug-likeness (QED) is 0.315. The summed E-state index contributed by atoms with van der Waals surface area (Å²) >= 11 is 0. The molecule has 0 bridgehead atoms. The molecular formula is C23H31NO10. The predicted molar refractivity (Wildman–Crippen MR) is 117 cm³/mol. The van der Waals surface area contributed by atoms with Gasteiger partial charge < -0.3 is 34.2 Å². The maximum absolute atomic E-state index is 12.4. The van der Waals surface area contributed by atoms with Gasteiger partial charge in [0.1, 0.15) is 18.8 Å². The minimum Gasteiger partial charge on any atom is -0.462 e. The smallest absolute Gasteiger partial charge is 0.462 e. The van der Waals surface area contributed by atoms with E-state index in [4.69, 9.17) is 24.7 Å². The molecule has 2 atom stereocenters. The minimum absolute atomic E-state index is 0.0312. The number of benzene rings is 1. The zero-order valence-electron chi connectivity index (χ0n) is 19.6. The lowest BCUT2D eigenvalue weighted by molar-refractivity contribution is -0.161. The molecule has 11 heteroatoms. The first-order valence-electron chi connectivity index (χ1n) is 11.0. The molecule has 0 spiro atoms. The molecule has 0 saturated heterocycles. The topological polar surface area (TPSA) is 150 Å². The molecule has 1 aromatic carbocycles. The van der Waals surface area contributed by atoms with Crippen LogP contribution in [0.2, 0.25) is 0 Å². The number of rotatable bonds is 9. The molecular weight excluding hydrogens is 450 g/mol. The summed E-state index contributed by atoms with van der Waals surface area (Å²) in [4.78, 5) is 47.4. The fraction of sp³-hybridized carbons (Fsp3) is 0.565. The molecule has 0 unspecified atom stereocenters. The van der Waals surface area contributed by atoms with E-state index in [2.05, 4.69) is 9.47 Å². The van der Waals surface area contributed by atoms with Gasteiger partial charge in [-0.1, -0.05) is 25.3 Å². The second kappa shape index (κ2) is 13.4. The second-order valence-corrected chi connectivity index (χ2v) is 7.92. The number of carbonyl (C=O) groups excluding carboxylic acids is 4. The Labute approximate surface area is 197 Å². The molecule has 0 aliphatic heterocycles. The van der Waals surface area contributed by atoms with Crippen molar-refractivity contribution < 1.29 is 47.6 Å². The van der Waals surface area contributed by atoms with Crippen LogP contribution in [0.4, 0.5) is 9.59 Å². The fourth-order valence-corrected chi connectivity index (χ4v) is 3.42. The van der Waals surface area contributed by atoms with E-state index in [-0.39, 0.29) is 36.4 Å². The fourth-order valence-electron chi connectivity index (χ4n) is 3.42. The van der Waals surface area contributed by atoms with Gasteiger partial charge in [0.2, 0.25) is 0 Å². The third-order valence-corrected chi connectivity index (χ3v) is 5.20. The van der Waals surface area contributed by atoms with Crippen molar-refractivity contribution in [1.29, 1.82) is 0 Å². The standard InChI is InChI=1S/C23H31NO10/c1-14(13-31-20(25)16-7-5-4-6-8-16)32-21(26)17(24)11-15-9-10-18(33-22(27)29-2)19(12-15)34-23(28)30-3/h9-10,12,14,16-17H,4-8,11,13,24H2,1-3H3/t14-,17-/m0/s1. The second-order valence-electron chi connectivity index (χ2n) is 7.92. The van der Waals surface area contributed by atoms with Crippen LogP contribution in [-0.2, 0) is 35.0 Å². The Balaban J connectivity index is 1.92. The number of methoxy groups -OCH3 is 2. The molecule has 1 aromatic rings. The number of hydrogen-bond donors (Lipinski definition) is 1. The van der Waals surface area contributed by atoms with E-state index in [1.54, 1.807) is 6.92 Å². The highest BCUT2D eigenvalue weighted by atomic mass is 16.7. The molecule has 0 radical (unpaired) electrons.